The molecule has 3 N–H and O–H groups in total. The van der Waals surface area contributed by atoms with Crippen molar-refractivity contribution in [2.24, 2.45) is 5.92 Å². The fourth-order valence-electron chi connectivity index (χ4n) is 4.76. The van der Waals surface area contributed by atoms with Gasteiger partial charge in [-0.05, 0) is 84.3 Å². The van der Waals surface area contributed by atoms with E-state index in [0.717, 1.165) is 46.5 Å². The first-order valence-corrected chi connectivity index (χ1v) is 12.9. The molecule has 2 amide bonds. The standard InChI is InChI=1S/C32H36N2O4/c1-6-32(20-35,21(2)3)34-29(36)24-13-11-23(12-14-24)28-19-26(15-10-22(28)4)33-30(37)31(16-17-31)25-8-7-9-27(18-25)38-5/h6-15,18-19,21,35H,1,16-17,20H2,2-5H3,(H,33,37)(H,34,36)/t32-/m0/s1. The van der Waals surface area contributed by atoms with Crippen molar-refractivity contribution >= 4 is 17.5 Å². The summed E-state index contributed by atoms with van der Waals surface area (Å²) >= 11 is 0. The number of hydrogen-bond acceptors (Lipinski definition) is 4. The second-order valence-electron chi connectivity index (χ2n) is 10.4. The third kappa shape index (κ3) is 5.22. The smallest absolute Gasteiger partial charge is 0.252 e. The summed E-state index contributed by atoms with van der Waals surface area (Å²) in [5, 5.41) is 15.9. The SMILES string of the molecule is C=C[C@@](CO)(NC(=O)c1ccc(-c2cc(NC(=O)C3(c4cccc(OC)c4)CC3)ccc2C)cc1)C(C)C. The van der Waals surface area contributed by atoms with Gasteiger partial charge in [0.1, 0.15) is 5.75 Å². The van der Waals surface area contributed by atoms with Gasteiger partial charge < -0.3 is 20.5 Å². The molecule has 3 aromatic carbocycles. The number of anilines is 1. The number of ether oxygens (including phenoxy) is 1. The Morgan fingerprint density at radius 2 is 1.82 bits per heavy atom. The number of aliphatic hydroxyl groups excluding tert-OH is 1. The maximum atomic E-state index is 13.3. The molecule has 0 saturated heterocycles. The summed E-state index contributed by atoms with van der Waals surface area (Å²) in [5.74, 6) is 0.427. The van der Waals surface area contributed by atoms with E-state index in [1.54, 1.807) is 25.3 Å². The predicted octanol–water partition coefficient (Wildman–Crippen LogP) is 5.64. The molecule has 1 aliphatic carbocycles. The average Bonchev–Trinajstić information content (AvgIpc) is 3.75. The van der Waals surface area contributed by atoms with Crippen molar-refractivity contribution in [1.82, 2.24) is 5.32 Å². The lowest BCUT2D eigenvalue weighted by Gasteiger charge is -2.33. The first-order chi connectivity index (χ1) is 18.2. The van der Waals surface area contributed by atoms with Crippen molar-refractivity contribution in [3.8, 4) is 16.9 Å². The highest BCUT2D eigenvalue weighted by atomic mass is 16.5. The van der Waals surface area contributed by atoms with Gasteiger partial charge in [0.05, 0.1) is 24.7 Å². The number of carbonyl (C=O) groups excluding carboxylic acids is 2. The van der Waals surface area contributed by atoms with Crippen molar-refractivity contribution in [2.45, 2.75) is 44.6 Å². The van der Waals surface area contributed by atoms with Gasteiger partial charge in [0.25, 0.3) is 5.91 Å². The van der Waals surface area contributed by atoms with E-state index < -0.39 is 11.0 Å². The number of benzene rings is 3. The molecule has 4 rings (SSSR count). The zero-order valence-electron chi connectivity index (χ0n) is 22.5. The van der Waals surface area contributed by atoms with Gasteiger partial charge >= 0.3 is 0 Å². The molecule has 0 radical (unpaired) electrons. The molecule has 0 aromatic heterocycles. The zero-order valence-corrected chi connectivity index (χ0v) is 22.5. The minimum absolute atomic E-state index is 0.0208. The minimum Gasteiger partial charge on any atom is -0.497 e. The number of carbonyl (C=O) groups is 2. The van der Waals surface area contributed by atoms with E-state index in [1.165, 1.54) is 0 Å². The van der Waals surface area contributed by atoms with Crippen LogP contribution in [0.15, 0.2) is 79.4 Å². The average molecular weight is 513 g/mol. The number of aryl methyl sites for hydroxylation is 1. The predicted molar refractivity (Wildman–Crippen MR) is 151 cm³/mol. The molecule has 0 unspecified atom stereocenters. The van der Waals surface area contributed by atoms with Gasteiger partial charge in [0, 0.05) is 11.3 Å². The molecule has 38 heavy (non-hydrogen) atoms. The van der Waals surface area contributed by atoms with E-state index in [0.29, 0.717) is 5.56 Å². The van der Waals surface area contributed by atoms with E-state index in [9.17, 15) is 14.7 Å². The lowest BCUT2D eigenvalue weighted by atomic mass is 9.87. The molecule has 1 saturated carbocycles. The molecular formula is C32H36N2O4. The number of rotatable bonds is 10. The van der Waals surface area contributed by atoms with Gasteiger partial charge in [-0.1, -0.05) is 50.3 Å². The summed E-state index contributed by atoms with van der Waals surface area (Å²) in [6, 6.07) is 20.9. The van der Waals surface area contributed by atoms with Crippen LogP contribution in [-0.2, 0) is 10.2 Å². The minimum atomic E-state index is -0.886. The van der Waals surface area contributed by atoms with Crippen LogP contribution in [0.3, 0.4) is 0 Å². The lowest BCUT2D eigenvalue weighted by Crippen LogP contribution is -2.53. The van der Waals surface area contributed by atoms with E-state index >= 15 is 0 Å². The molecule has 1 fully saturated rings. The third-order valence-corrected chi connectivity index (χ3v) is 7.76. The Labute approximate surface area is 224 Å². The Kier molecular flexibility index (Phi) is 7.74. The zero-order chi connectivity index (χ0) is 27.5. The van der Waals surface area contributed by atoms with Crippen molar-refractivity contribution < 1.29 is 19.4 Å². The van der Waals surface area contributed by atoms with Crippen LogP contribution < -0.4 is 15.4 Å². The highest BCUT2D eigenvalue weighted by molar-refractivity contribution is 6.02. The highest BCUT2D eigenvalue weighted by Crippen LogP contribution is 2.49. The molecular weight excluding hydrogens is 476 g/mol. The summed E-state index contributed by atoms with van der Waals surface area (Å²) in [5.41, 5.74) is 3.73. The normalized spacial score (nSPS) is 15.3. The van der Waals surface area contributed by atoms with Gasteiger partial charge in [-0.25, -0.2) is 0 Å². The summed E-state index contributed by atoms with van der Waals surface area (Å²) in [6.45, 7) is 9.44. The van der Waals surface area contributed by atoms with Gasteiger partial charge in [-0.2, -0.15) is 0 Å². The first kappa shape index (κ1) is 27.1. The molecule has 0 aliphatic heterocycles. The number of aliphatic hydroxyl groups is 1. The second-order valence-corrected chi connectivity index (χ2v) is 10.4. The monoisotopic (exact) mass is 512 g/mol. The van der Waals surface area contributed by atoms with Crippen molar-refractivity contribution in [1.29, 1.82) is 0 Å². The van der Waals surface area contributed by atoms with Crippen molar-refractivity contribution in [3.05, 3.63) is 96.1 Å². The van der Waals surface area contributed by atoms with Crippen LogP contribution in [0.4, 0.5) is 5.69 Å². The lowest BCUT2D eigenvalue weighted by molar-refractivity contribution is -0.118. The Balaban J connectivity index is 1.52. The molecule has 0 bridgehead atoms. The summed E-state index contributed by atoms with van der Waals surface area (Å²) in [7, 11) is 1.63. The van der Waals surface area contributed by atoms with E-state index in [-0.39, 0.29) is 24.3 Å². The molecule has 1 aliphatic rings. The Morgan fingerprint density at radius 1 is 1.11 bits per heavy atom. The number of hydrogen-bond donors (Lipinski definition) is 3. The Morgan fingerprint density at radius 3 is 2.39 bits per heavy atom. The maximum absolute atomic E-state index is 13.3. The van der Waals surface area contributed by atoms with Crippen LogP contribution in [0.2, 0.25) is 0 Å². The molecule has 6 heteroatoms. The highest BCUT2D eigenvalue weighted by Gasteiger charge is 2.51. The Hall–Kier alpha value is -3.90. The fourth-order valence-corrected chi connectivity index (χ4v) is 4.76. The molecule has 0 spiro atoms. The Bertz CT molecular complexity index is 1340. The van der Waals surface area contributed by atoms with Crippen LogP contribution in [0, 0.1) is 12.8 Å². The van der Waals surface area contributed by atoms with Crippen molar-refractivity contribution in [3.63, 3.8) is 0 Å². The molecule has 1 atom stereocenters. The summed E-state index contributed by atoms with van der Waals surface area (Å²) < 4.78 is 5.35. The largest absolute Gasteiger partial charge is 0.497 e. The van der Waals surface area contributed by atoms with Crippen LogP contribution in [0.25, 0.3) is 11.1 Å². The topological polar surface area (TPSA) is 87.7 Å². The van der Waals surface area contributed by atoms with E-state index in [2.05, 4.69) is 17.2 Å². The molecule has 6 nitrogen and oxygen atoms in total. The van der Waals surface area contributed by atoms with Gasteiger partial charge in [0.2, 0.25) is 5.91 Å². The maximum Gasteiger partial charge on any atom is 0.252 e. The van der Waals surface area contributed by atoms with Crippen LogP contribution in [0.5, 0.6) is 5.75 Å². The molecule has 3 aromatic rings. The quantitative estimate of drug-likeness (QED) is 0.307. The van der Waals surface area contributed by atoms with Gasteiger partial charge in [-0.3, -0.25) is 9.59 Å². The fraction of sp³-hybridized carbons (Fsp3) is 0.312. The van der Waals surface area contributed by atoms with Gasteiger partial charge in [-0.15, -0.1) is 6.58 Å². The van der Waals surface area contributed by atoms with Crippen LogP contribution >= 0.6 is 0 Å². The number of nitrogens with one attached hydrogen (secondary N) is 2. The molecule has 0 heterocycles. The van der Waals surface area contributed by atoms with E-state index in [4.69, 9.17) is 4.74 Å². The van der Waals surface area contributed by atoms with Crippen LogP contribution in [0.1, 0.15) is 48.2 Å². The summed E-state index contributed by atoms with van der Waals surface area (Å²) in [6.07, 6.45) is 3.19. The number of methoxy groups -OCH3 is 1. The van der Waals surface area contributed by atoms with E-state index in [1.807, 2.05) is 75.4 Å². The first-order valence-electron chi connectivity index (χ1n) is 12.9. The van der Waals surface area contributed by atoms with Crippen molar-refractivity contribution in [2.75, 3.05) is 19.0 Å². The number of amides is 2. The van der Waals surface area contributed by atoms with Crippen LogP contribution in [-0.4, -0.2) is 36.2 Å². The van der Waals surface area contributed by atoms with Gasteiger partial charge in [0.15, 0.2) is 0 Å². The second kappa shape index (κ2) is 10.8. The molecule has 198 valence electrons. The summed E-state index contributed by atoms with van der Waals surface area (Å²) in [4.78, 5) is 26.2. The third-order valence-electron chi connectivity index (χ3n) is 7.76.